The van der Waals surface area contributed by atoms with Crippen LogP contribution in [0.4, 0.5) is 0 Å². The van der Waals surface area contributed by atoms with Crippen molar-refractivity contribution in [3.8, 4) is 23.1 Å². The van der Waals surface area contributed by atoms with Gasteiger partial charge in [-0.3, -0.25) is 5.41 Å². The fourth-order valence-electron chi connectivity index (χ4n) is 4.40. The Hall–Kier alpha value is -3.84. The molecule has 0 saturated heterocycles. The zero-order chi connectivity index (χ0) is 22.2. The number of nitrogens with one attached hydrogen (secondary N) is 1. The molecule has 0 radical (unpaired) electrons. The number of hydrogen-bond acceptors (Lipinski definition) is 6. The Labute approximate surface area is 185 Å². The van der Waals surface area contributed by atoms with Gasteiger partial charge in [-0.1, -0.05) is 36.4 Å². The normalized spacial score (nSPS) is 14.4. The van der Waals surface area contributed by atoms with Gasteiger partial charge in [0.25, 0.3) is 0 Å². The first-order valence-corrected chi connectivity index (χ1v) is 10.3. The molecule has 7 nitrogen and oxygen atoms in total. The lowest BCUT2D eigenvalue weighted by Gasteiger charge is -2.30. The molecule has 1 unspecified atom stereocenters. The minimum absolute atomic E-state index is 0.0849. The average molecular weight is 429 g/mol. The van der Waals surface area contributed by atoms with Crippen LogP contribution in [0.1, 0.15) is 22.6 Å². The van der Waals surface area contributed by atoms with Crippen LogP contribution in [-0.2, 0) is 6.54 Å². The van der Waals surface area contributed by atoms with Gasteiger partial charge in [-0.25, -0.2) is 4.98 Å². The summed E-state index contributed by atoms with van der Waals surface area (Å²) in [6.07, 6.45) is 1.54. The van der Waals surface area contributed by atoms with E-state index < -0.39 is 0 Å². The Morgan fingerprint density at radius 2 is 1.84 bits per heavy atom. The molecule has 32 heavy (non-hydrogen) atoms. The molecule has 162 valence electrons. The monoisotopic (exact) mass is 429 g/mol. The summed E-state index contributed by atoms with van der Waals surface area (Å²) in [5.74, 6) is 2.04. The maximum Gasteiger partial charge on any atom is 0.228 e. The number of rotatable bonds is 5. The summed E-state index contributed by atoms with van der Waals surface area (Å²) in [5, 5.41) is 20.5. The predicted octanol–water partition coefficient (Wildman–Crippen LogP) is 3.81. The summed E-state index contributed by atoms with van der Waals surface area (Å²) in [7, 11) is 3.21. The maximum absolute atomic E-state index is 9.46. The second-order valence-electron chi connectivity index (χ2n) is 7.58. The molecule has 1 aliphatic heterocycles. The molecule has 0 fully saturated rings. The Kier molecular flexibility index (Phi) is 5.03. The molecular formula is C25H23N3O4. The van der Waals surface area contributed by atoms with E-state index in [2.05, 4.69) is 17.1 Å². The van der Waals surface area contributed by atoms with Crippen LogP contribution < -0.4 is 19.7 Å². The molecule has 3 aromatic carbocycles. The third kappa shape index (κ3) is 3.09. The lowest BCUT2D eigenvalue weighted by atomic mass is 9.81. The molecule has 0 amide bonds. The first-order valence-electron chi connectivity index (χ1n) is 10.3. The first-order chi connectivity index (χ1) is 15.7. The molecule has 4 aromatic rings. The predicted molar refractivity (Wildman–Crippen MR) is 120 cm³/mol. The molecule has 0 aliphatic carbocycles. The summed E-state index contributed by atoms with van der Waals surface area (Å²) in [6, 6.07) is 17.9. The molecule has 2 N–H and O–H groups in total. The SMILES string of the molecule is COc1ccc(C2c3c(ncn(CCO)c3=N)Oc3ccc4ccccc4c32)cc1OC. The number of nitrogens with zero attached hydrogens (tertiary/aromatic N) is 2. The summed E-state index contributed by atoms with van der Waals surface area (Å²) in [5.41, 5.74) is 2.81. The van der Waals surface area contributed by atoms with Gasteiger partial charge in [0, 0.05) is 18.0 Å². The summed E-state index contributed by atoms with van der Waals surface area (Å²) >= 11 is 0. The number of ether oxygens (including phenoxy) is 3. The van der Waals surface area contributed by atoms with Gasteiger partial charge in [-0.2, -0.15) is 0 Å². The molecular weight excluding hydrogens is 406 g/mol. The summed E-state index contributed by atoms with van der Waals surface area (Å²) in [6.45, 7) is 0.193. The first kappa shape index (κ1) is 20.1. The van der Waals surface area contributed by atoms with Crippen LogP contribution in [0.25, 0.3) is 10.8 Å². The van der Waals surface area contributed by atoms with Gasteiger partial charge in [0.2, 0.25) is 5.88 Å². The topological polar surface area (TPSA) is 89.6 Å². The van der Waals surface area contributed by atoms with Crippen molar-refractivity contribution < 1.29 is 19.3 Å². The molecule has 1 aliphatic rings. The van der Waals surface area contributed by atoms with Gasteiger partial charge in [0.1, 0.15) is 17.6 Å². The van der Waals surface area contributed by atoms with Crippen LogP contribution in [0.15, 0.2) is 60.9 Å². The number of fused-ring (bicyclic) bond motifs is 4. The Bertz CT molecular complexity index is 1380. The molecule has 0 spiro atoms. The van der Waals surface area contributed by atoms with Crippen molar-refractivity contribution in [1.29, 1.82) is 5.41 Å². The van der Waals surface area contributed by atoms with Crippen molar-refractivity contribution in [1.82, 2.24) is 9.55 Å². The maximum atomic E-state index is 9.46. The number of hydrogen-bond donors (Lipinski definition) is 2. The molecule has 2 heterocycles. The van der Waals surface area contributed by atoms with E-state index in [0.29, 0.717) is 28.7 Å². The van der Waals surface area contributed by atoms with Crippen molar-refractivity contribution in [3.63, 3.8) is 0 Å². The second kappa shape index (κ2) is 8.01. The number of benzene rings is 3. The van der Waals surface area contributed by atoms with Gasteiger partial charge in [0.05, 0.1) is 26.4 Å². The van der Waals surface area contributed by atoms with Gasteiger partial charge in [-0.15, -0.1) is 0 Å². The Balaban J connectivity index is 1.84. The van der Waals surface area contributed by atoms with E-state index >= 15 is 0 Å². The van der Waals surface area contributed by atoms with Crippen molar-refractivity contribution in [2.75, 3.05) is 20.8 Å². The van der Waals surface area contributed by atoms with Gasteiger partial charge >= 0.3 is 0 Å². The Morgan fingerprint density at radius 3 is 2.62 bits per heavy atom. The zero-order valence-corrected chi connectivity index (χ0v) is 17.8. The summed E-state index contributed by atoms with van der Waals surface area (Å²) in [4.78, 5) is 4.48. The van der Waals surface area contributed by atoms with E-state index in [0.717, 1.165) is 21.9 Å². The van der Waals surface area contributed by atoms with Crippen LogP contribution in [0.3, 0.4) is 0 Å². The van der Waals surface area contributed by atoms with Crippen molar-refractivity contribution >= 4 is 10.8 Å². The lowest BCUT2D eigenvalue weighted by Crippen LogP contribution is -2.30. The highest BCUT2D eigenvalue weighted by Gasteiger charge is 2.34. The van der Waals surface area contributed by atoms with Crippen molar-refractivity contribution in [2.24, 2.45) is 0 Å². The van der Waals surface area contributed by atoms with Crippen LogP contribution in [-0.4, -0.2) is 35.5 Å². The van der Waals surface area contributed by atoms with Crippen molar-refractivity contribution in [3.05, 3.63) is 83.1 Å². The molecule has 0 saturated carbocycles. The second-order valence-corrected chi connectivity index (χ2v) is 7.58. The highest BCUT2D eigenvalue weighted by molar-refractivity contribution is 5.90. The highest BCUT2D eigenvalue weighted by Crippen LogP contribution is 2.48. The number of aliphatic hydroxyl groups is 1. The third-order valence-corrected chi connectivity index (χ3v) is 5.88. The van der Waals surface area contributed by atoms with E-state index in [4.69, 9.17) is 19.6 Å². The summed E-state index contributed by atoms with van der Waals surface area (Å²) < 4.78 is 18.8. The Morgan fingerprint density at radius 1 is 1.03 bits per heavy atom. The molecule has 1 aromatic heterocycles. The number of aromatic nitrogens is 2. The number of methoxy groups -OCH3 is 2. The minimum Gasteiger partial charge on any atom is -0.493 e. The fraction of sp³-hybridized carbons (Fsp3) is 0.200. The van der Waals surface area contributed by atoms with Crippen LogP contribution in [0.2, 0.25) is 0 Å². The lowest BCUT2D eigenvalue weighted by molar-refractivity contribution is 0.271. The fourth-order valence-corrected chi connectivity index (χ4v) is 4.40. The van der Waals surface area contributed by atoms with Gasteiger partial charge in [0.15, 0.2) is 11.5 Å². The van der Waals surface area contributed by atoms with Gasteiger partial charge < -0.3 is 23.9 Å². The van der Waals surface area contributed by atoms with E-state index in [1.165, 1.54) is 6.33 Å². The molecule has 7 heteroatoms. The quantitative estimate of drug-likeness (QED) is 0.443. The zero-order valence-electron chi connectivity index (χ0n) is 17.8. The van der Waals surface area contributed by atoms with E-state index in [-0.39, 0.29) is 24.6 Å². The van der Waals surface area contributed by atoms with Crippen LogP contribution >= 0.6 is 0 Å². The molecule has 5 rings (SSSR count). The molecule has 0 bridgehead atoms. The van der Waals surface area contributed by atoms with Gasteiger partial charge in [-0.05, 0) is 34.5 Å². The van der Waals surface area contributed by atoms with Crippen LogP contribution in [0, 0.1) is 5.41 Å². The largest absolute Gasteiger partial charge is 0.493 e. The molecule has 1 atom stereocenters. The van der Waals surface area contributed by atoms with Crippen molar-refractivity contribution in [2.45, 2.75) is 12.5 Å². The third-order valence-electron chi connectivity index (χ3n) is 5.88. The standard InChI is InChI=1S/C25H23N3O4/c1-30-18-9-8-16(13-20(18)31-2)21-22-17-6-4-3-5-15(17)7-10-19(22)32-25-23(21)24(26)28(11-12-29)14-27-25/h3-10,13-14,21,26,29H,11-12H2,1-2H3. The highest BCUT2D eigenvalue weighted by atomic mass is 16.5. The average Bonchev–Trinajstić information content (AvgIpc) is 2.84. The minimum atomic E-state index is -0.314. The number of aliphatic hydroxyl groups excluding tert-OH is 1. The van der Waals surface area contributed by atoms with E-state index in [1.807, 2.05) is 42.5 Å². The smallest absolute Gasteiger partial charge is 0.228 e. The van der Waals surface area contributed by atoms with E-state index in [1.54, 1.807) is 18.8 Å². The van der Waals surface area contributed by atoms with E-state index in [9.17, 15) is 5.11 Å². The van der Waals surface area contributed by atoms with Crippen LogP contribution in [0.5, 0.6) is 23.1 Å².